The quantitative estimate of drug-likeness (QED) is 0.0212. The molecule has 0 radical (unpaired) electrons. The molecule has 9 aromatic rings. The fourth-order valence-corrected chi connectivity index (χ4v) is 13.5. The Hall–Kier alpha value is -10.1. The largest absolute Gasteiger partial charge is 0.379 e. The molecule has 3 amide bonds. The summed E-state index contributed by atoms with van der Waals surface area (Å²) in [7, 11) is 0. The van der Waals surface area contributed by atoms with E-state index < -0.39 is 0 Å². The number of nitrogens with one attached hydrogen (secondary N) is 9. The van der Waals surface area contributed by atoms with Gasteiger partial charge in [0.15, 0.2) is 32.9 Å². The standard InChI is InChI=1S/C26H32N8O2S.C25H29N7OS.C22H24N8OS.7H2/c1-2-25(35)27-18-5-7-20(8-6-18)37-26-29-22(28-23-13-21(31-32-23)17-3-4-17)14-24(30-26)34-15-19(16-34)33-9-11-36-12-10-33;1-5-23(33)26-18-7-9-20(10-8-18)34-24-27-19(11-12-25(3,4)32-13-6-14-32)16-21(29-24)28-22-15-17(2)30-31-22;1-4-20(31)24-15-5-7-16(8-6-15)32-21-26-17(25-18-9-14(2)28-29-18)10-19(27-21)30-12-22(3,11-23)13-30;;;;;;;/h5-8,13-14,17,19H,2-4,9-12,15-16H2,1H3,(H,27,35)(H2,28,29,30,31,32);7-10,15-16H,5-6,13-14H2,1-4H3,(H,26,33)(H2,27,28,29,30,31);5-10H,4,12-13H2,1-3H3,(H,24,31)(H2,25,26,27,28,29);7*1H. The van der Waals surface area contributed by atoms with E-state index in [1.54, 1.807) is 0 Å². The van der Waals surface area contributed by atoms with Gasteiger partial charge in [0, 0.05) is 179 Å². The number of rotatable bonds is 23. The highest BCUT2D eigenvalue weighted by Gasteiger charge is 2.40. The summed E-state index contributed by atoms with van der Waals surface area (Å²) < 4.78 is 5.51. The van der Waals surface area contributed by atoms with Gasteiger partial charge in [0.1, 0.15) is 34.8 Å². The number of anilines is 11. The number of ether oxygens (including phenoxy) is 1. The van der Waals surface area contributed by atoms with Gasteiger partial charge in [0.2, 0.25) is 17.7 Å². The molecule has 3 aromatic carbocycles. The van der Waals surface area contributed by atoms with Crippen molar-refractivity contribution in [2.45, 2.75) is 142 Å². The Bertz CT molecular complexity index is 4560. The molecule has 30 heteroatoms. The molecule has 27 nitrogen and oxygen atoms in total. The Balaban J connectivity index is 0.000000287. The lowest BCUT2D eigenvalue weighted by atomic mass is 9.84. The Morgan fingerprint density at radius 3 is 1.44 bits per heavy atom. The normalized spacial score (nSPS) is 15.6. The van der Waals surface area contributed by atoms with Gasteiger partial charge >= 0.3 is 0 Å². The summed E-state index contributed by atoms with van der Waals surface area (Å²) in [4.78, 5) is 75.4. The number of amides is 3. The van der Waals surface area contributed by atoms with Crippen LogP contribution >= 0.6 is 35.3 Å². The molecule has 10 heterocycles. The van der Waals surface area contributed by atoms with Crippen LogP contribution in [0.3, 0.4) is 0 Å². The van der Waals surface area contributed by atoms with E-state index in [0.717, 1.165) is 119 Å². The first-order valence-electron chi connectivity index (χ1n) is 34.6. The predicted molar refractivity (Wildman–Crippen MR) is 418 cm³/mol. The van der Waals surface area contributed by atoms with Gasteiger partial charge in [-0.2, -0.15) is 20.6 Å². The van der Waals surface area contributed by atoms with Gasteiger partial charge in [-0.3, -0.25) is 39.5 Å². The highest BCUT2D eigenvalue weighted by molar-refractivity contribution is 7.99. The summed E-state index contributed by atoms with van der Waals surface area (Å²) in [5.74, 6) is 13.0. The summed E-state index contributed by atoms with van der Waals surface area (Å²) in [5, 5.41) is 51.5. The highest BCUT2D eigenvalue weighted by Crippen LogP contribution is 2.41. The van der Waals surface area contributed by atoms with E-state index in [2.05, 4.69) is 135 Å². The van der Waals surface area contributed by atoms with Crippen molar-refractivity contribution in [1.82, 2.24) is 70.3 Å². The molecule has 5 fully saturated rings. The molecule has 5 aliphatic rings. The molecule has 6 aromatic heterocycles. The average Bonchev–Trinajstić information content (AvgIpc) is 1.09. The first kappa shape index (κ1) is 72.7. The van der Waals surface area contributed by atoms with Crippen LogP contribution in [0.4, 0.5) is 63.6 Å². The maximum Gasteiger partial charge on any atom is 0.224 e. The molecule has 0 bridgehead atoms. The molecule has 0 spiro atoms. The van der Waals surface area contributed by atoms with Crippen LogP contribution in [0.5, 0.6) is 0 Å². The molecular weight excluding hydrogens is 1360 g/mol. The van der Waals surface area contributed by atoms with Crippen molar-refractivity contribution in [3.63, 3.8) is 0 Å². The number of nitriles is 1. The number of aromatic amines is 3. The van der Waals surface area contributed by atoms with Crippen LogP contribution in [0.25, 0.3) is 0 Å². The molecule has 1 aliphatic carbocycles. The van der Waals surface area contributed by atoms with E-state index in [9.17, 15) is 19.6 Å². The number of carbonyl (C=O) groups excluding carboxylic acids is 3. The van der Waals surface area contributed by atoms with Crippen LogP contribution in [0.1, 0.15) is 119 Å². The maximum absolute atomic E-state index is 11.7. The van der Waals surface area contributed by atoms with E-state index in [-0.39, 0.29) is 38.7 Å². The second kappa shape index (κ2) is 33.4. The minimum absolute atomic E-state index is 0. The molecular formula is C73H99N23O4S3. The van der Waals surface area contributed by atoms with E-state index >= 15 is 0 Å². The molecule has 548 valence electrons. The molecule has 4 saturated heterocycles. The minimum Gasteiger partial charge on any atom is -0.379 e. The van der Waals surface area contributed by atoms with Crippen molar-refractivity contribution in [1.29, 1.82) is 5.26 Å². The Labute approximate surface area is 622 Å². The molecule has 0 unspecified atom stereocenters. The number of hydrogen-bond acceptors (Lipinski definition) is 24. The number of carbonyl (C=O) groups is 3. The van der Waals surface area contributed by atoms with Crippen LogP contribution in [-0.4, -0.2) is 165 Å². The number of H-pyrrole nitrogens is 3. The Morgan fingerprint density at radius 1 is 0.583 bits per heavy atom. The number of hydrogen-bond donors (Lipinski definition) is 9. The molecule has 1 saturated carbocycles. The molecule has 103 heavy (non-hydrogen) atoms. The average molecular weight is 1460 g/mol. The lowest BCUT2D eigenvalue weighted by Gasteiger charge is -2.47. The van der Waals surface area contributed by atoms with Crippen LogP contribution in [-0.2, 0) is 19.1 Å². The van der Waals surface area contributed by atoms with Gasteiger partial charge in [0.25, 0.3) is 0 Å². The summed E-state index contributed by atoms with van der Waals surface area (Å²) in [6.07, 6.45) is 4.99. The summed E-state index contributed by atoms with van der Waals surface area (Å²) in [5.41, 5.74) is 5.46. The van der Waals surface area contributed by atoms with Gasteiger partial charge in [-0.05, 0) is 168 Å². The van der Waals surface area contributed by atoms with Gasteiger partial charge in [0.05, 0.1) is 30.2 Å². The summed E-state index contributed by atoms with van der Waals surface area (Å²) >= 11 is 4.37. The predicted octanol–water partition coefficient (Wildman–Crippen LogP) is 14.3. The van der Waals surface area contributed by atoms with E-state index in [1.807, 2.05) is 145 Å². The zero-order valence-electron chi connectivity index (χ0n) is 59.0. The fraction of sp³-hybridized carbons (Fsp3) is 0.384. The lowest BCUT2D eigenvalue weighted by Crippen LogP contribution is -2.61. The van der Waals surface area contributed by atoms with Gasteiger partial charge in [-0.1, -0.05) is 26.7 Å². The number of aryl methyl sites for hydroxylation is 2. The maximum atomic E-state index is 11.7. The van der Waals surface area contributed by atoms with Crippen molar-refractivity contribution >= 4 is 117 Å². The van der Waals surface area contributed by atoms with Crippen LogP contribution in [0, 0.1) is 42.4 Å². The number of nitrogens with zero attached hydrogens (tertiary/aromatic N) is 14. The van der Waals surface area contributed by atoms with Gasteiger partial charge < -0.3 is 46.4 Å². The molecule has 9 N–H and O–H groups in total. The number of benzene rings is 3. The summed E-state index contributed by atoms with van der Waals surface area (Å²) in [6.45, 7) is 24.5. The zero-order chi connectivity index (χ0) is 72.0. The number of likely N-dealkylation sites (tertiary alicyclic amines) is 1. The van der Waals surface area contributed by atoms with Crippen molar-refractivity contribution in [3.8, 4) is 17.9 Å². The first-order chi connectivity index (χ1) is 49.8. The van der Waals surface area contributed by atoms with Crippen LogP contribution in [0.15, 0.2) is 139 Å². The molecule has 4 aliphatic heterocycles. The van der Waals surface area contributed by atoms with Crippen LogP contribution in [0.2, 0.25) is 0 Å². The van der Waals surface area contributed by atoms with Gasteiger partial charge in [-0.25, -0.2) is 29.9 Å². The third kappa shape index (κ3) is 20.4. The van der Waals surface area contributed by atoms with Crippen molar-refractivity contribution in [2.24, 2.45) is 5.41 Å². The van der Waals surface area contributed by atoms with Gasteiger partial charge in [-0.15, -0.1) is 0 Å². The van der Waals surface area contributed by atoms with E-state index in [0.29, 0.717) is 88.7 Å². The third-order valence-corrected chi connectivity index (χ3v) is 20.1. The topological polar surface area (TPSA) is 333 Å². The lowest BCUT2D eigenvalue weighted by molar-refractivity contribution is -0.116. The molecule has 0 atom stereocenters. The van der Waals surface area contributed by atoms with Crippen molar-refractivity contribution < 1.29 is 29.1 Å². The Morgan fingerprint density at radius 2 is 1.02 bits per heavy atom. The highest BCUT2D eigenvalue weighted by atomic mass is 32.2. The van der Waals surface area contributed by atoms with Crippen molar-refractivity contribution in [2.75, 3.05) is 107 Å². The third-order valence-electron chi connectivity index (χ3n) is 17.5. The smallest absolute Gasteiger partial charge is 0.224 e. The minimum atomic E-state index is -0.357. The Kier molecular flexibility index (Phi) is 23.5. The second-order valence-electron chi connectivity index (χ2n) is 26.4. The second-order valence-corrected chi connectivity index (χ2v) is 29.5. The van der Waals surface area contributed by atoms with E-state index in [1.165, 1.54) is 60.2 Å². The number of morpholine rings is 1. The SMILES string of the molecule is CCC(=O)Nc1ccc(Sc2nc(C#CC(C)(C)N3CCC3)cc(Nc3cc(C)[nH]n3)n2)cc1.CCC(=O)Nc1ccc(Sc2nc(Nc3cc(C)[nH]n3)cc(N3CC(C)(C#N)C3)n2)cc1.CCC(=O)Nc1ccc(Sc2nc(Nc3cc(C4CC4)[nH]n3)cc(N3CC(N4CCOCC4)C3)n2)cc1.[HH].[HH].[HH].[HH].[HH].[HH].[HH]. The zero-order valence-corrected chi connectivity index (χ0v) is 61.4. The monoisotopic (exact) mass is 1460 g/mol. The summed E-state index contributed by atoms with van der Waals surface area (Å²) in [6, 6.07) is 37.5. The van der Waals surface area contributed by atoms with Crippen molar-refractivity contribution in [3.05, 3.63) is 132 Å². The fourth-order valence-electron chi connectivity index (χ4n) is 11.2. The number of aromatic nitrogens is 12. The van der Waals surface area contributed by atoms with Crippen LogP contribution < -0.4 is 41.7 Å². The first-order valence-corrected chi connectivity index (χ1v) is 37.1. The van der Waals surface area contributed by atoms with E-state index in [4.69, 9.17) is 19.7 Å². The molecule has 14 rings (SSSR count).